The van der Waals surface area contributed by atoms with Gasteiger partial charge < -0.3 is 9.47 Å². The van der Waals surface area contributed by atoms with Gasteiger partial charge in [0.25, 0.3) is 0 Å². The number of hydrogen-bond donors (Lipinski definition) is 0. The van der Waals surface area contributed by atoms with Crippen LogP contribution in [0.3, 0.4) is 0 Å². The quantitative estimate of drug-likeness (QED) is 0.357. The first-order valence-corrected chi connectivity index (χ1v) is 9.45. The summed E-state index contributed by atoms with van der Waals surface area (Å²) in [6, 6.07) is 12.7. The van der Waals surface area contributed by atoms with Crippen molar-refractivity contribution >= 4 is 29.2 Å². The molecule has 0 fully saturated rings. The number of Topliss-reactive ketones (excluding diaryl/α,β-unsaturated/α-hetero) is 1. The van der Waals surface area contributed by atoms with E-state index in [0.717, 1.165) is 4.88 Å². The summed E-state index contributed by atoms with van der Waals surface area (Å²) < 4.78 is 24.2. The SMILES string of the molecule is Cc1cc(OC(=O)Cc2cccs2)cc2c1C(=O)/C(=C/c1ccc(F)cc1)O2. The minimum absolute atomic E-state index is 0.145. The Labute approximate surface area is 164 Å². The Hall–Kier alpha value is -3.25. The number of esters is 1. The molecule has 1 aliphatic heterocycles. The molecule has 2 aromatic carbocycles. The van der Waals surface area contributed by atoms with Crippen molar-refractivity contribution < 1.29 is 23.5 Å². The van der Waals surface area contributed by atoms with Gasteiger partial charge in [0.15, 0.2) is 5.76 Å². The molecule has 0 spiro atoms. The number of carbonyl (C=O) groups excluding carboxylic acids is 2. The van der Waals surface area contributed by atoms with Gasteiger partial charge in [-0.15, -0.1) is 11.3 Å². The van der Waals surface area contributed by atoms with Crippen LogP contribution in [0.1, 0.15) is 26.4 Å². The summed E-state index contributed by atoms with van der Waals surface area (Å²) in [5, 5.41) is 1.90. The molecule has 6 heteroatoms. The molecule has 0 aliphatic carbocycles. The normalized spacial score (nSPS) is 14.1. The minimum Gasteiger partial charge on any atom is -0.452 e. The zero-order valence-corrected chi connectivity index (χ0v) is 15.7. The summed E-state index contributed by atoms with van der Waals surface area (Å²) in [6.45, 7) is 1.76. The third-order valence-corrected chi connectivity index (χ3v) is 5.12. The molecule has 0 saturated carbocycles. The molecule has 1 aliphatic rings. The van der Waals surface area contributed by atoms with Crippen molar-refractivity contribution in [3.05, 3.63) is 87.1 Å². The topological polar surface area (TPSA) is 52.6 Å². The van der Waals surface area contributed by atoms with Crippen molar-refractivity contribution in [1.82, 2.24) is 0 Å². The molecule has 0 saturated heterocycles. The van der Waals surface area contributed by atoms with Crippen LogP contribution in [0.25, 0.3) is 6.08 Å². The average molecular weight is 394 g/mol. The Kier molecular flexibility index (Phi) is 4.79. The van der Waals surface area contributed by atoms with E-state index in [9.17, 15) is 14.0 Å². The lowest BCUT2D eigenvalue weighted by Gasteiger charge is -2.07. The van der Waals surface area contributed by atoms with E-state index in [1.54, 1.807) is 31.2 Å². The molecule has 0 amide bonds. The van der Waals surface area contributed by atoms with E-state index in [-0.39, 0.29) is 29.7 Å². The number of aryl methyl sites for hydroxylation is 1. The highest BCUT2D eigenvalue weighted by atomic mass is 32.1. The summed E-state index contributed by atoms with van der Waals surface area (Å²) in [6.07, 6.45) is 1.74. The summed E-state index contributed by atoms with van der Waals surface area (Å²) in [7, 11) is 0. The average Bonchev–Trinajstić information content (AvgIpc) is 3.25. The highest BCUT2D eigenvalue weighted by molar-refractivity contribution is 7.10. The second-order valence-corrected chi connectivity index (χ2v) is 7.37. The fraction of sp³-hybridized carbons (Fsp3) is 0.0909. The van der Waals surface area contributed by atoms with E-state index in [0.29, 0.717) is 28.2 Å². The van der Waals surface area contributed by atoms with Gasteiger partial charge in [-0.2, -0.15) is 0 Å². The van der Waals surface area contributed by atoms with Crippen molar-refractivity contribution in [2.45, 2.75) is 13.3 Å². The number of halogens is 1. The van der Waals surface area contributed by atoms with E-state index in [1.807, 2.05) is 17.5 Å². The number of ether oxygens (including phenoxy) is 2. The van der Waals surface area contributed by atoms with Gasteiger partial charge in [0.1, 0.15) is 17.3 Å². The second kappa shape index (κ2) is 7.40. The first kappa shape index (κ1) is 18.1. The molecule has 0 radical (unpaired) electrons. The van der Waals surface area contributed by atoms with E-state index < -0.39 is 0 Å². The molecular weight excluding hydrogens is 379 g/mol. The van der Waals surface area contributed by atoms with Crippen LogP contribution in [0.2, 0.25) is 0 Å². The van der Waals surface area contributed by atoms with Crippen LogP contribution in [-0.4, -0.2) is 11.8 Å². The van der Waals surface area contributed by atoms with Gasteiger partial charge in [0, 0.05) is 10.9 Å². The number of carbonyl (C=O) groups is 2. The molecule has 0 bridgehead atoms. The first-order chi connectivity index (χ1) is 13.5. The lowest BCUT2D eigenvalue weighted by Crippen LogP contribution is -2.10. The summed E-state index contributed by atoms with van der Waals surface area (Å²) in [5.41, 5.74) is 1.74. The summed E-state index contributed by atoms with van der Waals surface area (Å²) in [4.78, 5) is 25.7. The van der Waals surface area contributed by atoms with Crippen LogP contribution in [0, 0.1) is 12.7 Å². The fourth-order valence-electron chi connectivity index (χ4n) is 2.97. The number of allylic oxidation sites excluding steroid dienone is 1. The van der Waals surface area contributed by atoms with Gasteiger partial charge in [-0.1, -0.05) is 18.2 Å². The van der Waals surface area contributed by atoms with Crippen LogP contribution in [0.5, 0.6) is 11.5 Å². The van der Waals surface area contributed by atoms with Gasteiger partial charge >= 0.3 is 5.97 Å². The maximum atomic E-state index is 13.1. The van der Waals surface area contributed by atoms with Crippen molar-refractivity contribution in [1.29, 1.82) is 0 Å². The lowest BCUT2D eigenvalue weighted by atomic mass is 10.0. The summed E-state index contributed by atoms with van der Waals surface area (Å²) in [5.74, 6) is -0.173. The number of hydrogen-bond acceptors (Lipinski definition) is 5. The van der Waals surface area contributed by atoms with E-state index in [1.165, 1.54) is 29.5 Å². The highest BCUT2D eigenvalue weighted by Gasteiger charge is 2.30. The largest absolute Gasteiger partial charge is 0.452 e. The second-order valence-electron chi connectivity index (χ2n) is 6.33. The number of benzene rings is 2. The van der Waals surface area contributed by atoms with Crippen molar-refractivity contribution in [3.8, 4) is 11.5 Å². The molecule has 0 unspecified atom stereocenters. The molecule has 4 nitrogen and oxygen atoms in total. The van der Waals surface area contributed by atoms with Gasteiger partial charge in [0.2, 0.25) is 5.78 Å². The smallest absolute Gasteiger partial charge is 0.316 e. The molecule has 1 aromatic heterocycles. The molecule has 2 heterocycles. The molecule has 3 aromatic rings. The lowest BCUT2D eigenvalue weighted by molar-refractivity contribution is -0.133. The van der Waals surface area contributed by atoms with Crippen LogP contribution >= 0.6 is 11.3 Å². The maximum absolute atomic E-state index is 13.1. The molecule has 0 atom stereocenters. The molecular formula is C22H15FO4S. The number of ketones is 1. The fourth-order valence-corrected chi connectivity index (χ4v) is 3.66. The first-order valence-electron chi connectivity index (χ1n) is 8.57. The standard InChI is InChI=1S/C22H15FO4S/c1-13-9-16(26-20(24)12-17-3-2-8-28-17)11-18-21(13)22(25)19(27-18)10-14-4-6-15(23)7-5-14/h2-11H,12H2,1H3/b19-10-. The van der Waals surface area contributed by atoms with Crippen LogP contribution in [0.4, 0.5) is 4.39 Å². The van der Waals surface area contributed by atoms with Crippen molar-refractivity contribution in [2.75, 3.05) is 0 Å². The van der Waals surface area contributed by atoms with Gasteiger partial charge in [-0.3, -0.25) is 9.59 Å². The monoisotopic (exact) mass is 394 g/mol. The Bertz CT molecular complexity index is 1080. The zero-order chi connectivity index (χ0) is 19.7. The molecule has 28 heavy (non-hydrogen) atoms. The van der Waals surface area contributed by atoms with Gasteiger partial charge in [-0.25, -0.2) is 4.39 Å². The Morgan fingerprint density at radius 3 is 2.71 bits per heavy atom. The predicted octanol–water partition coefficient (Wildman–Crippen LogP) is 4.96. The number of fused-ring (bicyclic) bond motifs is 1. The molecule has 4 rings (SSSR count). The van der Waals surface area contributed by atoms with E-state index in [4.69, 9.17) is 9.47 Å². The van der Waals surface area contributed by atoms with Crippen LogP contribution in [-0.2, 0) is 11.2 Å². The van der Waals surface area contributed by atoms with Crippen molar-refractivity contribution in [3.63, 3.8) is 0 Å². The molecule has 0 N–H and O–H groups in total. The predicted molar refractivity (Wildman–Crippen MR) is 104 cm³/mol. The maximum Gasteiger partial charge on any atom is 0.316 e. The Morgan fingerprint density at radius 2 is 2.00 bits per heavy atom. The third kappa shape index (κ3) is 3.73. The van der Waals surface area contributed by atoms with Gasteiger partial charge in [-0.05, 0) is 53.8 Å². The Balaban J connectivity index is 1.55. The van der Waals surface area contributed by atoms with E-state index in [2.05, 4.69) is 0 Å². The summed E-state index contributed by atoms with van der Waals surface area (Å²) >= 11 is 1.49. The number of thiophene rings is 1. The van der Waals surface area contributed by atoms with Crippen LogP contribution in [0.15, 0.2) is 59.7 Å². The zero-order valence-electron chi connectivity index (χ0n) is 14.9. The Morgan fingerprint density at radius 1 is 1.21 bits per heavy atom. The highest BCUT2D eigenvalue weighted by Crippen LogP contribution is 2.37. The number of rotatable bonds is 4. The third-order valence-electron chi connectivity index (χ3n) is 4.24. The molecule has 140 valence electrons. The van der Waals surface area contributed by atoms with Crippen LogP contribution < -0.4 is 9.47 Å². The minimum atomic E-state index is -0.381. The van der Waals surface area contributed by atoms with Gasteiger partial charge in [0.05, 0.1) is 12.0 Å². The van der Waals surface area contributed by atoms with E-state index >= 15 is 0 Å². The van der Waals surface area contributed by atoms with Crippen molar-refractivity contribution in [2.24, 2.45) is 0 Å².